The topological polar surface area (TPSA) is 82.3 Å². The fourth-order valence-electron chi connectivity index (χ4n) is 2.58. The molecule has 0 aliphatic carbocycles. The molecule has 1 amide bonds. The molecule has 0 N–H and O–H groups in total. The van der Waals surface area contributed by atoms with Gasteiger partial charge in [0, 0.05) is 6.54 Å². The monoisotopic (exact) mass is 393 g/mol. The number of anilines is 1. The molecule has 0 aliphatic rings. The number of alkyl halides is 1. The molecule has 3 aromatic rings. The van der Waals surface area contributed by atoms with Crippen LogP contribution in [0.2, 0.25) is 0 Å². The number of carbonyl (C=O) groups excluding carboxylic acids is 1. The van der Waals surface area contributed by atoms with Crippen LogP contribution in [0.5, 0.6) is 5.75 Å². The first kappa shape index (κ1) is 19.1. The van der Waals surface area contributed by atoms with Crippen LogP contribution in [0.15, 0.2) is 47.3 Å². The molecule has 0 saturated carbocycles. The van der Waals surface area contributed by atoms with Gasteiger partial charge in [-0.15, -0.1) is 4.68 Å². The Labute approximate surface area is 156 Å². The first-order chi connectivity index (χ1) is 13.5. The number of para-hydroxylation sites is 3. The molecule has 11 heteroatoms. The first-order valence-electron chi connectivity index (χ1n) is 8.08. The molecular weight excluding hydrogens is 379 g/mol. The molecule has 0 spiro atoms. The van der Waals surface area contributed by atoms with Crippen LogP contribution in [0.3, 0.4) is 0 Å². The van der Waals surface area contributed by atoms with E-state index < -0.39 is 35.9 Å². The van der Waals surface area contributed by atoms with Crippen molar-refractivity contribution >= 4 is 11.7 Å². The van der Waals surface area contributed by atoms with Crippen molar-refractivity contribution in [2.45, 2.75) is 6.92 Å². The van der Waals surface area contributed by atoms with Gasteiger partial charge in [0.05, 0.1) is 5.69 Å². The van der Waals surface area contributed by atoms with E-state index in [0.29, 0.717) is 9.36 Å². The zero-order chi connectivity index (χ0) is 20.3. The first-order valence-corrected chi connectivity index (χ1v) is 8.08. The molecule has 0 saturated heterocycles. The molecule has 0 aliphatic heterocycles. The van der Waals surface area contributed by atoms with E-state index in [1.807, 2.05) is 0 Å². The molecule has 146 valence electrons. The summed E-state index contributed by atoms with van der Waals surface area (Å²) in [6, 6.07) is 8.14. The summed E-state index contributed by atoms with van der Waals surface area (Å²) >= 11 is 0. The number of amides is 1. The fourth-order valence-corrected chi connectivity index (χ4v) is 2.58. The minimum absolute atomic E-state index is 0.0683. The SMILES string of the molecule is CCN(C(=O)n1nnn(-c2c(F)cccc2F)c1=O)c1ccccc1OCF. The van der Waals surface area contributed by atoms with Crippen LogP contribution in [0.25, 0.3) is 5.69 Å². The van der Waals surface area contributed by atoms with Crippen LogP contribution in [0.4, 0.5) is 23.7 Å². The third kappa shape index (κ3) is 3.33. The molecule has 0 bridgehead atoms. The summed E-state index contributed by atoms with van der Waals surface area (Å²) in [5.41, 5.74) is -1.74. The fraction of sp³-hybridized carbons (Fsp3) is 0.176. The Balaban J connectivity index is 2.04. The van der Waals surface area contributed by atoms with Crippen molar-refractivity contribution in [3.05, 3.63) is 64.6 Å². The number of hydrogen-bond donors (Lipinski definition) is 0. The number of benzene rings is 2. The third-order valence-corrected chi connectivity index (χ3v) is 3.83. The lowest BCUT2D eigenvalue weighted by Crippen LogP contribution is -2.41. The second kappa shape index (κ2) is 7.94. The molecule has 3 rings (SSSR count). The van der Waals surface area contributed by atoms with Crippen molar-refractivity contribution in [2.24, 2.45) is 0 Å². The largest absolute Gasteiger partial charge is 0.461 e. The summed E-state index contributed by atoms with van der Waals surface area (Å²) in [5, 5.41) is 6.82. The second-order valence-electron chi connectivity index (χ2n) is 5.40. The van der Waals surface area contributed by atoms with Crippen LogP contribution in [-0.4, -0.2) is 39.2 Å². The number of carbonyl (C=O) groups is 1. The summed E-state index contributed by atoms with van der Waals surface area (Å²) in [7, 11) is 0. The molecule has 0 atom stereocenters. The average Bonchev–Trinajstić information content (AvgIpc) is 3.05. The van der Waals surface area contributed by atoms with E-state index in [-0.39, 0.29) is 18.0 Å². The highest BCUT2D eigenvalue weighted by Crippen LogP contribution is 2.28. The Morgan fingerprint density at radius 1 is 1.11 bits per heavy atom. The summed E-state index contributed by atoms with van der Waals surface area (Å²) in [5.74, 6) is -2.02. The maximum Gasteiger partial charge on any atom is 0.377 e. The van der Waals surface area contributed by atoms with Gasteiger partial charge in [-0.2, -0.15) is 4.68 Å². The number of ether oxygens (including phenoxy) is 1. The third-order valence-electron chi connectivity index (χ3n) is 3.83. The van der Waals surface area contributed by atoms with Crippen LogP contribution in [-0.2, 0) is 0 Å². The minimum Gasteiger partial charge on any atom is -0.461 e. The van der Waals surface area contributed by atoms with E-state index in [9.17, 15) is 22.8 Å². The smallest absolute Gasteiger partial charge is 0.377 e. The van der Waals surface area contributed by atoms with E-state index >= 15 is 0 Å². The van der Waals surface area contributed by atoms with Crippen LogP contribution >= 0.6 is 0 Å². The predicted molar refractivity (Wildman–Crippen MR) is 92.4 cm³/mol. The van der Waals surface area contributed by atoms with Gasteiger partial charge in [0.25, 0.3) is 0 Å². The van der Waals surface area contributed by atoms with Crippen molar-refractivity contribution in [3.63, 3.8) is 0 Å². The minimum atomic E-state index is -1.17. The maximum absolute atomic E-state index is 13.9. The molecule has 8 nitrogen and oxygen atoms in total. The zero-order valence-electron chi connectivity index (χ0n) is 14.6. The van der Waals surface area contributed by atoms with Gasteiger partial charge < -0.3 is 4.74 Å². The van der Waals surface area contributed by atoms with Gasteiger partial charge in [-0.05, 0) is 41.6 Å². The molecular formula is C17H14F3N5O3. The Morgan fingerprint density at radius 2 is 1.79 bits per heavy atom. The van der Waals surface area contributed by atoms with Crippen molar-refractivity contribution in [2.75, 3.05) is 18.3 Å². The Kier molecular flexibility index (Phi) is 5.43. The lowest BCUT2D eigenvalue weighted by atomic mass is 10.2. The molecule has 28 heavy (non-hydrogen) atoms. The van der Waals surface area contributed by atoms with Gasteiger partial charge in [0.2, 0.25) is 6.86 Å². The summed E-state index contributed by atoms with van der Waals surface area (Å²) in [6.07, 6.45) is 0. The average molecular weight is 393 g/mol. The van der Waals surface area contributed by atoms with Gasteiger partial charge in [0.1, 0.15) is 11.4 Å². The van der Waals surface area contributed by atoms with Gasteiger partial charge in [0.15, 0.2) is 11.6 Å². The number of tetrazole rings is 1. The standard InChI is InChI=1S/C17H14F3N5O3/c1-2-23(13-8-3-4-9-14(13)28-10-18)16(26)25-17(27)24(21-22-25)15-11(19)6-5-7-12(15)20/h3-9H,2,10H2,1H3. The second-order valence-corrected chi connectivity index (χ2v) is 5.40. The van der Waals surface area contributed by atoms with E-state index in [4.69, 9.17) is 4.74 Å². The summed E-state index contributed by atoms with van der Waals surface area (Å²) in [4.78, 5) is 26.4. The molecule has 0 radical (unpaired) electrons. The highest BCUT2D eigenvalue weighted by Gasteiger charge is 2.25. The van der Waals surface area contributed by atoms with Crippen molar-refractivity contribution in [1.29, 1.82) is 0 Å². The highest BCUT2D eigenvalue weighted by molar-refractivity contribution is 5.94. The highest BCUT2D eigenvalue weighted by atomic mass is 19.1. The van der Waals surface area contributed by atoms with Gasteiger partial charge in [-0.3, -0.25) is 4.90 Å². The van der Waals surface area contributed by atoms with Crippen LogP contribution in [0, 0.1) is 11.6 Å². The molecule has 0 unspecified atom stereocenters. The molecule has 1 aromatic heterocycles. The Bertz CT molecular complexity index is 1050. The van der Waals surface area contributed by atoms with Gasteiger partial charge in [-0.25, -0.2) is 22.8 Å². The Hall–Kier alpha value is -3.63. The molecule has 1 heterocycles. The van der Waals surface area contributed by atoms with Gasteiger partial charge >= 0.3 is 11.7 Å². The van der Waals surface area contributed by atoms with Crippen LogP contribution < -0.4 is 15.3 Å². The van der Waals surface area contributed by atoms with Crippen molar-refractivity contribution < 1.29 is 22.7 Å². The van der Waals surface area contributed by atoms with E-state index in [0.717, 1.165) is 23.1 Å². The number of aromatic nitrogens is 4. The van der Waals surface area contributed by atoms with E-state index in [2.05, 4.69) is 10.4 Å². The summed E-state index contributed by atoms with van der Waals surface area (Å²) < 4.78 is 46.0. The number of nitrogens with zero attached hydrogens (tertiary/aromatic N) is 5. The lowest BCUT2D eigenvalue weighted by molar-refractivity contribution is 0.192. The molecule has 2 aromatic carbocycles. The quantitative estimate of drug-likeness (QED) is 0.622. The van der Waals surface area contributed by atoms with Crippen LogP contribution in [0.1, 0.15) is 6.92 Å². The van der Waals surface area contributed by atoms with E-state index in [1.165, 1.54) is 12.1 Å². The maximum atomic E-state index is 13.9. The lowest BCUT2D eigenvalue weighted by Gasteiger charge is -2.21. The van der Waals surface area contributed by atoms with Crippen molar-refractivity contribution in [3.8, 4) is 11.4 Å². The zero-order valence-corrected chi connectivity index (χ0v) is 14.6. The number of hydrogen-bond acceptors (Lipinski definition) is 5. The van der Waals surface area contributed by atoms with E-state index in [1.54, 1.807) is 19.1 Å². The Morgan fingerprint density at radius 3 is 2.43 bits per heavy atom. The van der Waals surface area contributed by atoms with Crippen molar-refractivity contribution in [1.82, 2.24) is 19.8 Å². The number of rotatable bonds is 5. The molecule has 0 fully saturated rings. The van der Waals surface area contributed by atoms with Gasteiger partial charge in [-0.1, -0.05) is 18.2 Å². The summed E-state index contributed by atoms with van der Waals surface area (Å²) in [6.45, 7) is 0.556. The normalized spacial score (nSPS) is 10.7. The number of halogens is 3. The predicted octanol–water partition coefficient (Wildman–Crippen LogP) is 2.51.